The van der Waals surface area contributed by atoms with Crippen molar-refractivity contribution in [1.29, 1.82) is 0 Å². The summed E-state index contributed by atoms with van der Waals surface area (Å²) in [4.78, 5) is 6.49. The fourth-order valence-corrected chi connectivity index (χ4v) is 2.43. The summed E-state index contributed by atoms with van der Waals surface area (Å²) in [6, 6.07) is 7.54. The minimum absolute atomic E-state index is 0.234. The molecule has 0 bridgehead atoms. The zero-order valence-corrected chi connectivity index (χ0v) is 13.9. The van der Waals surface area contributed by atoms with Crippen molar-refractivity contribution < 1.29 is 4.39 Å². The van der Waals surface area contributed by atoms with Crippen LogP contribution in [0.25, 0.3) is 22.5 Å². The Morgan fingerprint density at radius 1 is 1.12 bits per heavy atom. The van der Waals surface area contributed by atoms with Crippen LogP contribution in [0.5, 0.6) is 0 Å². The van der Waals surface area contributed by atoms with Gasteiger partial charge in [0, 0.05) is 37.8 Å². The van der Waals surface area contributed by atoms with E-state index < -0.39 is 6.17 Å². The Labute approximate surface area is 139 Å². The third kappa shape index (κ3) is 3.40. The predicted molar refractivity (Wildman–Crippen MR) is 91.4 cm³/mol. The highest BCUT2D eigenvalue weighted by Crippen LogP contribution is 2.26. The van der Waals surface area contributed by atoms with Crippen molar-refractivity contribution >= 4 is 5.82 Å². The summed E-state index contributed by atoms with van der Waals surface area (Å²) in [5.41, 5.74) is 3.78. The highest BCUT2D eigenvalue weighted by atomic mass is 19.1. The van der Waals surface area contributed by atoms with Gasteiger partial charge in [0.25, 0.3) is 0 Å². The van der Waals surface area contributed by atoms with Crippen LogP contribution >= 0.6 is 0 Å². The van der Waals surface area contributed by atoms with Gasteiger partial charge in [0.05, 0.1) is 17.6 Å². The Hall–Kier alpha value is -2.83. The lowest BCUT2D eigenvalue weighted by molar-refractivity contribution is 0.358. The van der Waals surface area contributed by atoms with E-state index in [1.807, 2.05) is 43.3 Å². The van der Waals surface area contributed by atoms with Crippen molar-refractivity contribution in [2.24, 2.45) is 0 Å². The third-order valence-corrected chi connectivity index (χ3v) is 3.63. The largest absolute Gasteiger partial charge is 0.361 e. The molecule has 0 aliphatic rings. The second-order valence-electron chi connectivity index (χ2n) is 5.83. The minimum Gasteiger partial charge on any atom is -0.361 e. The van der Waals surface area contributed by atoms with Crippen molar-refractivity contribution in [3.63, 3.8) is 0 Å². The lowest BCUT2D eigenvalue weighted by atomic mass is 10.0. The Morgan fingerprint density at radius 3 is 2.50 bits per heavy atom. The highest BCUT2D eigenvalue weighted by molar-refractivity contribution is 5.68. The first-order valence-electron chi connectivity index (χ1n) is 7.69. The summed E-state index contributed by atoms with van der Waals surface area (Å²) >= 11 is 0. The van der Waals surface area contributed by atoms with Crippen LogP contribution in [-0.2, 0) is 6.42 Å². The Balaban J connectivity index is 2.00. The number of rotatable bonds is 5. The van der Waals surface area contributed by atoms with Crippen LogP contribution in [0.15, 0.2) is 36.7 Å². The molecule has 0 aliphatic heterocycles. The monoisotopic (exact) mass is 326 g/mol. The van der Waals surface area contributed by atoms with E-state index in [0.717, 1.165) is 16.9 Å². The Kier molecular flexibility index (Phi) is 4.50. The highest BCUT2D eigenvalue weighted by Gasteiger charge is 2.14. The molecule has 24 heavy (non-hydrogen) atoms. The molecule has 3 aromatic heterocycles. The molecular formula is C17H19FN6. The number of alkyl halides is 1. The van der Waals surface area contributed by atoms with Crippen LogP contribution in [0.4, 0.5) is 10.2 Å². The van der Waals surface area contributed by atoms with Crippen LogP contribution in [0.3, 0.4) is 0 Å². The molecule has 3 rings (SSSR count). The molecule has 6 nitrogen and oxygen atoms in total. The molecule has 7 heteroatoms. The standard InChI is InChI=1S/C17H19FN6/c1-11(18)8-16-13(12-9-19-20-10-12)4-5-14(21-16)15-6-7-17(23-22-15)24(2)3/h4-7,9-11H,8H2,1-3H3,(H,19,20). The molecule has 0 amide bonds. The van der Waals surface area contributed by atoms with Gasteiger partial charge in [0.2, 0.25) is 0 Å². The molecule has 0 saturated heterocycles. The van der Waals surface area contributed by atoms with E-state index in [0.29, 0.717) is 17.1 Å². The molecule has 3 aromatic rings. The summed E-state index contributed by atoms with van der Waals surface area (Å²) < 4.78 is 13.6. The second-order valence-corrected chi connectivity index (χ2v) is 5.83. The maximum Gasteiger partial charge on any atom is 0.150 e. The number of aromatic amines is 1. The van der Waals surface area contributed by atoms with Gasteiger partial charge in [-0.1, -0.05) is 6.07 Å². The Bertz CT molecular complexity index is 796. The van der Waals surface area contributed by atoms with E-state index in [1.54, 1.807) is 12.4 Å². The van der Waals surface area contributed by atoms with Gasteiger partial charge >= 0.3 is 0 Å². The molecule has 0 aromatic carbocycles. The fraction of sp³-hybridized carbons (Fsp3) is 0.294. The molecule has 124 valence electrons. The van der Waals surface area contributed by atoms with Crippen LogP contribution in [-0.4, -0.2) is 45.6 Å². The van der Waals surface area contributed by atoms with Gasteiger partial charge in [-0.25, -0.2) is 4.39 Å². The SMILES string of the molecule is CC(F)Cc1nc(-c2ccc(N(C)C)nn2)ccc1-c1cn[nH]c1. The number of hydrogen-bond donors (Lipinski definition) is 1. The average molecular weight is 326 g/mol. The zero-order valence-electron chi connectivity index (χ0n) is 13.9. The van der Waals surface area contributed by atoms with Crippen molar-refractivity contribution in [3.05, 3.63) is 42.4 Å². The number of H-pyrrole nitrogens is 1. The molecule has 0 aliphatic carbocycles. The lowest BCUT2D eigenvalue weighted by Crippen LogP contribution is -2.11. The van der Waals surface area contributed by atoms with Gasteiger partial charge in [-0.3, -0.25) is 10.1 Å². The van der Waals surface area contributed by atoms with E-state index in [-0.39, 0.29) is 6.42 Å². The number of anilines is 1. The molecule has 1 N–H and O–H groups in total. The molecule has 1 unspecified atom stereocenters. The van der Waals surface area contributed by atoms with Crippen molar-refractivity contribution in [2.75, 3.05) is 19.0 Å². The van der Waals surface area contributed by atoms with Gasteiger partial charge in [-0.05, 0) is 25.1 Å². The first-order valence-corrected chi connectivity index (χ1v) is 7.69. The van der Waals surface area contributed by atoms with Gasteiger partial charge < -0.3 is 4.90 Å². The molecule has 0 spiro atoms. The summed E-state index contributed by atoms with van der Waals surface area (Å²) in [5, 5.41) is 15.1. The quantitative estimate of drug-likeness (QED) is 0.780. The summed E-state index contributed by atoms with van der Waals surface area (Å²) in [6.07, 6.45) is 2.72. The number of halogens is 1. The van der Waals surface area contributed by atoms with Crippen molar-refractivity contribution in [3.8, 4) is 22.5 Å². The van der Waals surface area contributed by atoms with Crippen LogP contribution in [0, 0.1) is 0 Å². The zero-order chi connectivity index (χ0) is 17.1. The minimum atomic E-state index is -0.986. The number of nitrogens with zero attached hydrogens (tertiary/aromatic N) is 5. The Morgan fingerprint density at radius 2 is 1.92 bits per heavy atom. The molecule has 0 fully saturated rings. The number of aromatic nitrogens is 5. The fourth-order valence-electron chi connectivity index (χ4n) is 2.43. The summed E-state index contributed by atoms with van der Waals surface area (Å²) in [5.74, 6) is 0.770. The summed E-state index contributed by atoms with van der Waals surface area (Å²) in [7, 11) is 3.81. The number of hydrogen-bond acceptors (Lipinski definition) is 5. The molecule has 1 atom stereocenters. The first kappa shape index (κ1) is 16.0. The lowest BCUT2D eigenvalue weighted by Gasteiger charge is -2.12. The molecular weight excluding hydrogens is 307 g/mol. The van der Waals surface area contributed by atoms with Crippen LogP contribution < -0.4 is 4.90 Å². The van der Waals surface area contributed by atoms with E-state index in [4.69, 9.17) is 0 Å². The van der Waals surface area contributed by atoms with Crippen molar-refractivity contribution in [2.45, 2.75) is 19.5 Å². The van der Waals surface area contributed by atoms with Crippen LogP contribution in [0.1, 0.15) is 12.6 Å². The molecule has 0 saturated carbocycles. The number of nitrogens with one attached hydrogen (secondary N) is 1. The van der Waals surface area contributed by atoms with Gasteiger partial charge in [-0.2, -0.15) is 5.10 Å². The maximum atomic E-state index is 13.6. The van der Waals surface area contributed by atoms with Gasteiger partial charge in [-0.15, -0.1) is 10.2 Å². The second kappa shape index (κ2) is 6.74. The van der Waals surface area contributed by atoms with E-state index >= 15 is 0 Å². The molecule has 3 heterocycles. The third-order valence-electron chi connectivity index (χ3n) is 3.63. The van der Waals surface area contributed by atoms with Crippen molar-refractivity contribution in [1.82, 2.24) is 25.4 Å². The van der Waals surface area contributed by atoms with Gasteiger partial charge in [0.1, 0.15) is 11.9 Å². The van der Waals surface area contributed by atoms with E-state index in [1.165, 1.54) is 6.92 Å². The smallest absolute Gasteiger partial charge is 0.150 e. The predicted octanol–water partition coefficient (Wildman–Crippen LogP) is 2.90. The maximum absolute atomic E-state index is 13.6. The first-order chi connectivity index (χ1) is 11.5. The normalized spacial score (nSPS) is 12.2. The topological polar surface area (TPSA) is 70.6 Å². The summed E-state index contributed by atoms with van der Waals surface area (Å²) in [6.45, 7) is 1.53. The average Bonchev–Trinajstić information content (AvgIpc) is 3.08. The van der Waals surface area contributed by atoms with Gasteiger partial charge in [0.15, 0.2) is 5.82 Å². The van der Waals surface area contributed by atoms with E-state index in [9.17, 15) is 4.39 Å². The van der Waals surface area contributed by atoms with Crippen LogP contribution in [0.2, 0.25) is 0 Å². The molecule has 0 radical (unpaired) electrons. The van der Waals surface area contributed by atoms with E-state index in [2.05, 4.69) is 25.4 Å². The number of pyridine rings is 1.